The van der Waals surface area contributed by atoms with Crippen molar-refractivity contribution in [3.05, 3.63) is 140 Å². The summed E-state index contributed by atoms with van der Waals surface area (Å²) in [6.07, 6.45) is 0. The lowest BCUT2D eigenvalue weighted by atomic mass is 9.98. The highest BCUT2D eigenvalue weighted by Gasteiger charge is 2.16. The fraction of sp³-hybridized carbons (Fsp3) is 0. The summed E-state index contributed by atoms with van der Waals surface area (Å²) < 4.78 is 8.71. The number of furan rings is 1. The molecule has 9 rings (SSSR count). The molecule has 0 saturated carbocycles. The molecule has 0 N–H and O–H groups in total. The molecule has 44 heavy (non-hydrogen) atoms. The van der Waals surface area contributed by atoms with Gasteiger partial charge in [0.15, 0.2) is 17.5 Å². The fourth-order valence-corrected chi connectivity index (χ4v) is 7.14. The molecule has 3 aromatic heterocycles. The largest absolute Gasteiger partial charge is 0.456 e. The summed E-state index contributed by atoms with van der Waals surface area (Å²) in [5.74, 6) is 1.93. The predicted octanol–water partition coefficient (Wildman–Crippen LogP) is 10.8. The smallest absolute Gasteiger partial charge is 0.164 e. The Bertz CT molecular complexity index is 2510. The number of nitrogens with zero attached hydrogens (tertiary/aromatic N) is 3. The van der Waals surface area contributed by atoms with Gasteiger partial charge in [-0.1, -0.05) is 97.1 Å². The van der Waals surface area contributed by atoms with Crippen LogP contribution in [0, 0.1) is 0 Å². The van der Waals surface area contributed by atoms with E-state index in [0.717, 1.165) is 49.8 Å². The molecule has 0 aliphatic heterocycles. The first kappa shape index (κ1) is 24.9. The molecule has 0 atom stereocenters. The molecule has 0 spiro atoms. The number of aromatic nitrogens is 3. The van der Waals surface area contributed by atoms with Gasteiger partial charge in [0, 0.05) is 47.6 Å². The van der Waals surface area contributed by atoms with E-state index in [4.69, 9.17) is 19.4 Å². The molecule has 0 amide bonds. The van der Waals surface area contributed by atoms with Crippen molar-refractivity contribution >= 4 is 53.4 Å². The van der Waals surface area contributed by atoms with Crippen molar-refractivity contribution in [3.63, 3.8) is 0 Å². The zero-order chi connectivity index (χ0) is 29.0. The maximum Gasteiger partial charge on any atom is 0.164 e. The lowest BCUT2D eigenvalue weighted by Crippen LogP contribution is -2.00. The van der Waals surface area contributed by atoms with Crippen LogP contribution in [0.2, 0.25) is 0 Å². The second-order valence-electron chi connectivity index (χ2n) is 10.8. The number of para-hydroxylation sites is 1. The molecule has 206 valence electrons. The van der Waals surface area contributed by atoms with Crippen LogP contribution in [0.4, 0.5) is 0 Å². The second kappa shape index (κ2) is 9.97. The van der Waals surface area contributed by atoms with Crippen molar-refractivity contribution < 1.29 is 4.42 Å². The second-order valence-corrected chi connectivity index (χ2v) is 11.9. The molecule has 3 heterocycles. The Labute approximate surface area is 256 Å². The molecule has 0 aliphatic carbocycles. The maximum absolute atomic E-state index is 6.18. The highest BCUT2D eigenvalue weighted by atomic mass is 32.1. The maximum atomic E-state index is 6.18. The van der Waals surface area contributed by atoms with Crippen LogP contribution in [0.1, 0.15) is 0 Å². The monoisotopic (exact) mass is 581 g/mol. The Morgan fingerprint density at radius 1 is 0.409 bits per heavy atom. The van der Waals surface area contributed by atoms with Crippen LogP contribution in [-0.4, -0.2) is 15.0 Å². The molecule has 0 bridgehead atoms. The van der Waals surface area contributed by atoms with E-state index < -0.39 is 0 Å². The summed E-state index contributed by atoms with van der Waals surface area (Å²) in [7, 11) is 0. The van der Waals surface area contributed by atoms with Crippen LogP contribution < -0.4 is 0 Å². The Balaban J connectivity index is 1.23. The number of fused-ring (bicyclic) bond motifs is 6. The van der Waals surface area contributed by atoms with Gasteiger partial charge < -0.3 is 4.42 Å². The highest BCUT2D eigenvalue weighted by molar-refractivity contribution is 7.25. The van der Waals surface area contributed by atoms with E-state index in [0.29, 0.717) is 17.5 Å². The number of rotatable bonds is 4. The summed E-state index contributed by atoms with van der Waals surface area (Å²) in [5, 5.41) is 4.68. The first-order chi connectivity index (χ1) is 21.8. The minimum atomic E-state index is 0.634. The zero-order valence-corrected chi connectivity index (χ0v) is 24.3. The van der Waals surface area contributed by atoms with Crippen molar-refractivity contribution in [3.8, 4) is 45.3 Å². The Morgan fingerprint density at radius 3 is 1.89 bits per heavy atom. The number of hydrogen-bond donors (Lipinski definition) is 0. The average molecular weight is 582 g/mol. The molecule has 6 aromatic carbocycles. The topological polar surface area (TPSA) is 51.8 Å². The summed E-state index contributed by atoms with van der Waals surface area (Å²) in [6.45, 7) is 0. The van der Waals surface area contributed by atoms with Crippen molar-refractivity contribution in [1.29, 1.82) is 0 Å². The summed E-state index contributed by atoms with van der Waals surface area (Å²) in [6, 6.07) is 48.0. The third-order valence-electron chi connectivity index (χ3n) is 8.14. The van der Waals surface area contributed by atoms with Crippen LogP contribution in [0.5, 0.6) is 0 Å². The number of hydrogen-bond acceptors (Lipinski definition) is 5. The molecule has 0 fully saturated rings. The highest BCUT2D eigenvalue weighted by Crippen LogP contribution is 2.39. The molecule has 0 aliphatic rings. The van der Waals surface area contributed by atoms with Crippen LogP contribution in [-0.2, 0) is 0 Å². The molecule has 0 unspecified atom stereocenters. The van der Waals surface area contributed by atoms with E-state index in [1.165, 1.54) is 20.2 Å². The summed E-state index contributed by atoms with van der Waals surface area (Å²) in [5.41, 5.74) is 6.79. The zero-order valence-electron chi connectivity index (χ0n) is 23.4. The van der Waals surface area contributed by atoms with Crippen molar-refractivity contribution in [1.82, 2.24) is 15.0 Å². The van der Waals surface area contributed by atoms with E-state index in [-0.39, 0.29) is 0 Å². The van der Waals surface area contributed by atoms with E-state index in [1.54, 1.807) is 0 Å². The minimum absolute atomic E-state index is 0.634. The van der Waals surface area contributed by atoms with E-state index in [2.05, 4.69) is 84.9 Å². The first-order valence-electron chi connectivity index (χ1n) is 14.5. The third kappa shape index (κ3) is 4.09. The van der Waals surface area contributed by atoms with Gasteiger partial charge in [-0.3, -0.25) is 0 Å². The van der Waals surface area contributed by atoms with Gasteiger partial charge in [-0.25, -0.2) is 15.0 Å². The van der Waals surface area contributed by atoms with Gasteiger partial charge in [0.25, 0.3) is 0 Å². The molecular weight excluding hydrogens is 559 g/mol. The van der Waals surface area contributed by atoms with Crippen LogP contribution in [0.15, 0.2) is 144 Å². The van der Waals surface area contributed by atoms with Gasteiger partial charge in [-0.05, 0) is 53.6 Å². The van der Waals surface area contributed by atoms with Crippen LogP contribution >= 0.6 is 11.3 Å². The normalized spacial score (nSPS) is 11.6. The van der Waals surface area contributed by atoms with Crippen LogP contribution in [0.25, 0.3) is 87.4 Å². The Hall–Kier alpha value is -5.65. The summed E-state index contributed by atoms with van der Waals surface area (Å²) in [4.78, 5) is 15.1. The quantitative estimate of drug-likeness (QED) is 0.207. The van der Waals surface area contributed by atoms with Gasteiger partial charge in [0.05, 0.1) is 0 Å². The minimum Gasteiger partial charge on any atom is -0.456 e. The van der Waals surface area contributed by atoms with Crippen molar-refractivity contribution in [2.45, 2.75) is 0 Å². The third-order valence-corrected chi connectivity index (χ3v) is 9.29. The molecular formula is C39H23N3OS. The van der Waals surface area contributed by atoms with E-state index in [1.807, 2.05) is 65.9 Å². The SMILES string of the molecule is c1ccc(-c2nc(-c3cccc(-c4cccc5oc6ccccc6c45)c3)nc(-c3ccc4sc5ccccc5c4c3)n2)cc1. The van der Waals surface area contributed by atoms with Gasteiger partial charge in [-0.15, -0.1) is 11.3 Å². The number of benzene rings is 6. The average Bonchev–Trinajstić information content (AvgIpc) is 3.67. The van der Waals surface area contributed by atoms with Gasteiger partial charge >= 0.3 is 0 Å². The fourth-order valence-electron chi connectivity index (χ4n) is 6.06. The lowest BCUT2D eigenvalue weighted by Gasteiger charge is -2.10. The summed E-state index contributed by atoms with van der Waals surface area (Å²) >= 11 is 1.81. The van der Waals surface area contributed by atoms with Crippen LogP contribution in [0.3, 0.4) is 0 Å². The standard InChI is InChI=1S/C39H23N3OS/c1-2-10-24(11-3-1)37-40-38(42-39(41-37)27-20-21-35-31(23-27)29-14-5-7-19-34(29)44-35)26-13-8-12-25(22-26)28-16-9-18-33-36(28)30-15-4-6-17-32(30)43-33/h1-23H. The first-order valence-corrected chi connectivity index (χ1v) is 15.3. The molecule has 0 radical (unpaired) electrons. The molecule has 0 saturated heterocycles. The molecule has 5 heteroatoms. The lowest BCUT2D eigenvalue weighted by molar-refractivity contribution is 0.669. The molecule has 4 nitrogen and oxygen atoms in total. The number of thiophene rings is 1. The predicted molar refractivity (Wildman–Crippen MR) is 182 cm³/mol. The van der Waals surface area contributed by atoms with Gasteiger partial charge in [0.1, 0.15) is 11.2 Å². The van der Waals surface area contributed by atoms with Gasteiger partial charge in [-0.2, -0.15) is 0 Å². The van der Waals surface area contributed by atoms with E-state index >= 15 is 0 Å². The van der Waals surface area contributed by atoms with Crippen molar-refractivity contribution in [2.24, 2.45) is 0 Å². The van der Waals surface area contributed by atoms with E-state index in [9.17, 15) is 0 Å². The Morgan fingerprint density at radius 2 is 1.02 bits per heavy atom. The Kier molecular flexibility index (Phi) is 5.64. The van der Waals surface area contributed by atoms with Crippen molar-refractivity contribution in [2.75, 3.05) is 0 Å². The molecule has 9 aromatic rings. The van der Waals surface area contributed by atoms with Gasteiger partial charge in [0.2, 0.25) is 0 Å².